The molecule has 1 atom stereocenters. The zero-order valence-corrected chi connectivity index (χ0v) is 12.4. The summed E-state index contributed by atoms with van der Waals surface area (Å²) in [4.78, 5) is 26.2. The number of ether oxygens (including phenoxy) is 1. The lowest BCUT2D eigenvalue weighted by Crippen LogP contribution is -2.40. The van der Waals surface area contributed by atoms with Gasteiger partial charge < -0.3 is 10.1 Å². The first-order valence-corrected chi connectivity index (χ1v) is 6.99. The van der Waals surface area contributed by atoms with Gasteiger partial charge in [0.25, 0.3) is 5.91 Å². The summed E-state index contributed by atoms with van der Waals surface area (Å²) in [5, 5.41) is 2.74. The number of methoxy groups -OCH3 is 1. The lowest BCUT2D eigenvalue weighted by molar-refractivity contribution is -0.131. The van der Waals surface area contributed by atoms with E-state index in [4.69, 9.17) is 4.74 Å². The number of amides is 3. The Morgan fingerprint density at radius 3 is 2.78 bits per heavy atom. The minimum Gasteiger partial charge on any atom is -0.383 e. The Kier molecular flexibility index (Phi) is 3.74. The van der Waals surface area contributed by atoms with E-state index < -0.39 is 5.54 Å². The van der Waals surface area contributed by atoms with Gasteiger partial charge in [-0.05, 0) is 35.0 Å². The third-order valence-corrected chi connectivity index (χ3v) is 4.71. The van der Waals surface area contributed by atoms with Gasteiger partial charge in [0.15, 0.2) is 5.54 Å². The SMILES string of the molecule is COCCN1C(=O)N[C@@](C)(c2ccc(Br)s2)C1=O. The van der Waals surface area contributed by atoms with E-state index in [1.54, 1.807) is 6.92 Å². The van der Waals surface area contributed by atoms with Gasteiger partial charge in [-0.3, -0.25) is 9.69 Å². The van der Waals surface area contributed by atoms with Crippen molar-refractivity contribution in [1.29, 1.82) is 0 Å². The predicted octanol–water partition coefficient (Wildman–Crippen LogP) is 1.92. The summed E-state index contributed by atoms with van der Waals surface area (Å²) in [5.41, 5.74) is -0.971. The largest absolute Gasteiger partial charge is 0.383 e. The topological polar surface area (TPSA) is 58.6 Å². The first-order valence-electron chi connectivity index (χ1n) is 5.38. The monoisotopic (exact) mass is 332 g/mol. The van der Waals surface area contributed by atoms with Gasteiger partial charge in [0.05, 0.1) is 16.9 Å². The van der Waals surface area contributed by atoms with Crippen LogP contribution in [0.3, 0.4) is 0 Å². The fourth-order valence-electron chi connectivity index (χ4n) is 1.83. The van der Waals surface area contributed by atoms with E-state index in [0.717, 1.165) is 8.66 Å². The van der Waals surface area contributed by atoms with Crippen LogP contribution in [0.5, 0.6) is 0 Å². The molecule has 1 saturated heterocycles. The number of nitrogens with zero attached hydrogens (tertiary/aromatic N) is 1. The molecule has 0 radical (unpaired) electrons. The van der Waals surface area contributed by atoms with Gasteiger partial charge in [-0.25, -0.2) is 4.79 Å². The quantitative estimate of drug-likeness (QED) is 0.857. The lowest BCUT2D eigenvalue weighted by atomic mass is 10.0. The molecule has 98 valence electrons. The molecule has 2 rings (SSSR count). The first-order chi connectivity index (χ1) is 8.49. The number of hydrogen-bond donors (Lipinski definition) is 1. The van der Waals surface area contributed by atoms with Gasteiger partial charge >= 0.3 is 6.03 Å². The van der Waals surface area contributed by atoms with E-state index in [2.05, 4.69) is 21.2 Å². The van der Waals surface area contributed by atoms with Crippen LogP contribution in [-0.2, 0) is 15.1 Å². The normalized spacial score (nSPS) is 23.6. The van der Waals surface area contributed by atoms with Gasteiger partial charge in [0.2, 0.25) is 0 Å². The second-order valence-corrected chi connectivity index (χ2v) is 6.57. The van der Waals surface area contributed by atoms with Crippen LogP contribution in [0.15, 0.2) is 15.9 Å². The summed E-state index contributed by atoms with van der Waals surface area (Å²) >= 11 is 4.80. The third kappa shape index (κ3) is 2.17. The summed E-state index contributed by atoms with van der Waals surface area (Å²) in [6, 6.07) is 3.33. The molecule has 0 aromatic carbocycles. The summed E-state index contributed by atoms with van der Waals surface area (Å²) in [7, 11) is 1.54. The van der Waals surface area contributed by atoms with Crippen molar-refractivity contribution in [2.24, 2.45) is 0 Å². The van der Waals surface area contributed by atoms with Gasteiger partial charge in [-0.1, -0.05) is 0 Å². The van der Waals surface area contributed by atoms with Crippen LogP contribution in [-0.4, -0.2) is 37.1 Å². The Balaban J connectivity index is 2.25. The fourth-order valence-corrected chi connectivity index (χ4v) is 3.31. The molecule has 7 heteroatoms. The number of nitrogens with one attached hydrogen (secondary N) is 1. The smallest absolute Gasteiger partial charge is 0.325 e. The highest BCUT2D eigenvalue weighted by molar-refractivity contribution is 9.11. The molecule has 1 aliphatic rings. The van der Waals surface area contributed by atoms with Crippen molar-refractivity contribution < 1.29 is 14.3 Å². The van der Waals surface area contributed by atoms with Crippen LogP contribution in [0.1, 0.15) is 11.8 Å². The molecular weight excluding hydrogens is 320 g/mol. The van der Waals surface area contributed by atoms with E-state index in [0.29, 0.717) is 6.61 Å². The van der Waals surface area contributed by atoms with E-state index in [1.807, 2.05) is 12.1 Å². The van der Waals surface area contributed by atoms with Crippen LogP contribution in [0, 0.1) is 0 Å². The van der Waals surface area contributed by atoms with Crippen molar-refractivity contribution in [2.45, 2.75) is 12.5 Å². The number of urea groups is 1. The maximum absolute atomic E-state index is 12.3. The highest BCUT2D eigenvalue weighted by Crippen LogP contribution is 2.35. The van der Waals surface area contributed by atoms with Crippen molar-refractivity contribution in [2.75, 3.05) is 20.3 Å². The number of imide groups is 1. The third-order valence-electron chi connectivity index (χ3n) is 2.86. The van der Waals surface area contributed by atoms with Crippen molar-refractivity contribution in [1.82, 2.24) is 10.2 Å². The molecule has 0 spiro atoms. The molecule has 0 aliphatic carbocycles. The van der Waals surface area contributed by atoms with Crippen molar-refractivity contribution in [3.63, 3.8) is 0 Å². The molecule has 1 fully saturated rings. The van der Waals surface area contributed by atoms with Crippen LogP contribution >= 0.6 is 27.3 Å². The van der Waals surface area contributed by atoms with Crippen LogP contribution in [0.25, 0.3) is 0 Å². The number of thiophene rings is 1. The Labute approximate surface area is 117 Å². The number of hydrogen-bond acceptors (Lipinski definition) is 4. The van der Waals surface area contributed by atoms with Gasteiger partial charge in [0.1, 0.15) is 0 Å². The maximum atomic E-state index is 12.3. The number of carbonyl (C=O) groups excluding carboxylic acids is 2. The zero-order valence-electron chi connectivity index (χ0n) is 10.0. The van der Waals surface area contributed by atoms with E-state index in [1.165, 1.54) is 23.3 Å². The van der Waals surface area contributed by atoms with E-state index in [9.17, 15) is 9.59 Å². The molecule has 2 heterocycles. The Bertz CT molecular complexity index is 490. The molecular formula is C11H13BrN2O3S. The minimum absolute atomic E-state index is 0.237. The summed E-state index contributed by atoms with van der Waals surface area (Å²) < 4.78 is 5.83. The van der Waals surface area contributed by atoms with Crippen molar-refractivity contribution >= 4 is 39.2 Å². The number of carbonyl (C=O) groups is 2. The fraction of sp³-hybridized carbons (Fsp3) is 0.455. The van der Waals surface area contributed by atoms with Gasteiger partial charge in [0, 0.05) is 12.0 Å². The summed E-state index contributed by atoms with van der Waals surface area (Å²) in [6.07, 6.45) is 0. The van der Waals surface area contributed by atoms with Crippen molar-refractivity contribution in [3.05, 3.63) is 20.8 Å². The second kappa shape index (κ2) is 4.99. The van der Waals surface area contributed by atoms with Gasteiger partial charge in [-0.2, -0.15) is 0 Å². The molecule has 1 N–H and O–H groups in total. The van der Waals surface area contributed by atoms with Crippen LogP contribution in [0.4, 0.5) is 4.79 Å². The average molecular weight is 333 g/mol. The second-order valence-electron chi connectivity index (χ2n) is 4.11. The molecule has 1 aromatic heterocycles. The summed E-state index contributed by atoms with van der Waals surface area (Å²) in [6.45, 7) is 2.32. The predicted molar refractivity (Wildman–Crippen MR) is 71.5 cm³/mol. The summed E-state index contributed by atoms with van der Waals surface area (Å²) in [5.74, 6) is -0.237. The zero-order chi connectivity index (χ0) is 13.3. The number of halogens is 1. The standard InChI is InChI=1S/C11H13BrN2O3S/c1-11(7-3-4-8(12)18-7)9(15)14(5-6-17-2)10(16)13-11/h3-4H,5-6H2,1-2H3,(H,13,16)/t11-/m0/s1. The Morgan fingerprint density at radius 1 is 1.50 bits per heavy atom. The molecule has 1 aromatic rings. The molecule has 18 heavy (non-hydrogen) atoms. The molecule has 3 amide bonds. The lowest BCUT2D eigenvalue weighted by Gasteiger charge is -2.19. The van der Waals surface area contributed by atoms with Crippen molar-refractivity contribution in [3.8, 4) is 0 Å². The molecule has 5 nitrogen and oxygen atoms in total. The minimum atomic E-state index is -0.971. The highest BCUT2D eigenvalue weighted by atomic mass is 79.9. The molecule has 0 bridgehead atoms. The van der Waals surface area contributed by atoms with Crippen LogP contribution < -0.4 is 5.32 Å². The molecule has 1 aliphatic heterocycles. The molecule has 0 saturated carbocycles. The first kappa shape index (κ1) is 13.5. The highest BCUT2D eigenvalue weighted by Gasteiger charge is 2.49. The average Bonchev–Trinajstić information content (AvgIpc) is 2.83. The van der Waals surface area contributed by atoms with E-state index in [-0.39, 0.29) is 18.5 Å². The van der Waals surface area contributed by atoms with Crippen LogP contribution in [0.2, 0.25) is 0 Å². The molecule has 0 unspecified atom stereocenters. The van der Waals surface area contributed by atoms with E-state index >= 15 is 0 Å². The van der Waals surface area contributed by atoms with Gasteiger partial charge in [-0.15, -0.1) is 11.3 Å². The Hall–Kier alpha value is -0.920. The number of rotatable bonds is 4. The maximum Gasteiger partial charge on any atom is 0.325 e. The Morgan fingerprint density at radius 2 is 2.22 bits per heavy atom.